The fraction of sp³-hybridized carbons (Fsp3) is 0.684. The lowest BCUT2D eigenvalue weighted by Gasteiger charge is -2.49. The first-order valence-corrected chi connectivity index (χ1v) is 18.7. The quantitative estimate of drug-likeness (QED) is 0.0991. The van der Waals surface area contributed by atoms with Crippen molar-refractivity contribution in [3.8, 4) is 0 Å². The summed E-state index contributed by atoms with van der Waals surface area (Å²) in [6.07, 6.45) is 5.76. The van der Waals surface area contributed by atoms with Crippen molar-refractivity contribution in [2.45, 2.75) is 133 Å². The van der Waals surface area contributed by atoms with Gasteiger partial charge in [0.25, 0.3) is 0 Å². The monoisotopic (exact) mass is 728 g/mol. The summed E-state index contributed by atoms with van der Waals surface area (Å²) in [6.45, 7) is 5.35. The van der Waals surface area contributed by atoms with E-state index in [1.54, 1.807) is 20.2 Å². The van der Waals surface area contributed by atoms with Crippen LogP contribution in [0.15, 0.2) is 30.3 Å². The van der Waals surface area contributed by atoms with Crippen LogP contribution in [0.1, 0.15) is 89.7 Å². The zero-order valence-electron chi connectivity index (χ0n) is 31.0. The summed E-state index contributed by atoms with van der Waals surface area (Å²) < 4.78 is 19.8. The van der Waals surface area contributed by atoms with Crippen LogP contribution in [0.3, 0.4) is 0 Å². The van der Waals surface area contributed by atoms with Gasteiger partial charge in [-0.05, 0) is 37.0 Å². The highest BCUT2D eigenvalue weighted by Gasteiger charge is 2.76. The first-order valence-electron chi connectivity index (χ1n) is 18.7. The second-order valence-corrected chi connectivity index (χ2v) is 14.7. The lowest BCUT2D eigenvalue weighted by Crippen LogP contribution is -2.71. The molecule has 1 saturated carbocycles. The Morgan fingerprint density at radius 2 is 1.77 bits per heavy atom. The fourth-order valence-corrected chi connectivity index (χ4v) is 7.96. The topological polar surface area (TPSA) is 176 Å². The van der Waals surface area contributed by atoms with Crippen LogP contribution in [0.5, 0.6) is 0 Å². The molecule has 3 saturated heterocycles. The second-order valence-electron chi connectivity index (χ2n) is 14.7. The number of fused-ring (bicyclic) bond motifs is 4. The van der Waals surface area contributed by atoms with Crippen LogP contribution >= 0.6 is 0 Å². The minimum absolute atomic E-state index is 0.0567. The number of aliphatic hydroxyl groups is 2. The molecule has 4 N–H and O–H groups in total. The predicted octanol–water partition coefficient (Wildman–Crippen LogP) is 2.20. The van der Waals surface area contributed by atoms with Crippen molar-refractivity contribution in [3.63, 3.8) is 0 Å². The van der Waals surface area contributed by atoms with E-state index in [-0.39, 0.29) is 32.0 Å². The van der Waals surface area contributed by atoms with E-state index in [1.165, 1.54) is 23.0 Å². The number of rotatable bonds is 18. The van der Waals surface area contributed by atoms with E-state index in [2.05, 4.69) is 24.5 Å². The average molecular weight is 729 g/mol. The Balaban J connectivity index is 1.52. The highest BCUT2D eigenvalue weighted by Crippen LogP contribution is 2.58. The van der Waals surface area contributed by atoms with Gasteiger partial charge >= 0.3 is 5.97 Å². The maximum absolute atomic E-state index is 14.8. The number of nitrogens with zero attached hydrogens (tertiary/aromatic N) is 2. The summed E-state index contributed by atoms with van der Waals surface area (Å²) in [5, 5.41) is 26.6. The van der Waals surface area contributed by atoms with Gasteiger partial charge in [0.2, 0.25) is 17.7 Å². The molecule has 5 rings (SSSR count). The number of benzene rings is 1. The molecule has 0 radical (unpaired) electrons. The number of hydrogen-bond donors (Lipinski definition) is 4. The van der Waals surface area contributed by atoms with E-state index in [4.69, 9.17) is 19.0 Å². The highest BCUT2D eigenvalue weighted by atomic mass is 16.8. The van der Waals surface area contributed by atoms with Crippen molar-refractivity contribution in [3.05, 3.63) is 41.5 Å². The van der Waals surface area contributed by atoms with Crippen molar-refractivity contribution in [2.24, 2.45) is 5.41 Å². The SMILES string of the molecule is CCCCCC1(CCCCC)OC2C3CC4(C(=O)NC(C(=O)NCCO)C(C)O)C(ON(Cc5cccc(C=CC(=O)N(C)C)c5)C4C(=O)O3)C2O1. The minimum Gasteiger partial charge on any atom is -0.458 e. The summed E-state index contributed by atoms with van der Waals surface area (Å²) in [4.78, 5) is 62.3. The van der Waals surface area contributed by atoms with E-state index < -0.39 is 71.6 Å². The molecule has 52 heavy (non-hydrogen) atoms. The van der Waals surface area contributed by atoms with Crippen LogP contribution in [0, 0.1) is 5.41 Å². The van der Waals surface area contributed by atoms with Gasteiger partial charge < -0.3 is 40.0 Å². The fourth-order valence-electron chi connectivity index (χ4n) is 7.96. The normalized spacial score (nSPS) is 28.6. The smallest absolute Gasteiger partial charge is 0.327 e. The molecule has 3 aliphatic heterocycles. The van der Waals surface area contributed by atoms with Crippen molar-refractivity contribution in [2.75, 3.05) is 27.2 Å². The molecule has 14 nitrogen and oxygen atoms in total. The summed E-state index contributed by atoms with van der Waals surface area (Å²) in [6, 6.07) is 4.84. The molecule has 0 spiro atoms. The molecular weight excluding hydrogens is 672 g/mol. The van der Waals surface area contributed by atoms with Gasteiger partial charge in [-0.15, -0.1) is 0 Å². The molecule has 3 heterocycles. The lowest BCUT2D eigenvalue weighted by molar-refractivity contribution is -0.224. The first kappa shape index (κ1) is 39.8. The lowest BCUT2D eigenvalue weighted by atomic mass is 9.62. The van der Waals surface area contributed by atoms with Gasteiger partial charge in [-0.3, -0.25) is 24.0 Å². The zero-order chi connectivity index (χ0) is 37.6. The Morgan fingerprint density at radius 3 is 2.40 bits per heavy atom. The number of carbonyl (C=O) groups excluding carboxylic acids is 4. The number of carbonyl (C=O) groups is 4. The van der Waals surface area contributed by atoms with Crippen LogP contribution in [0.25, 0.3) is 6.08 Å². The Bertz CT molecular complexity index is 1460. The van der Waals surface area contributed by atoms with Crippen LogP contribution in [-0.2, 0) is 44.8 Å². The number of amides is 3. The molecule has 1 aromatic rings. The van der Waals surface area contributed by atoms with E-state index >= 15 is 0 Å². The standard InChI is InChI=1S/C38H56N4O10/c1-6-8-10-17-37(18-11-9-7-2)50-30-27-22-38(36(48)40-29(24(3)44)34(46)39-19-20-43)32(35(47)49-27)42(52-33(38)31(30)51-37)23-26-14-12-13-25(21-26)15-16-28(45)41(4)5/h12-16,21,24,27,29-33,43-44H,6-11,17-20,22-23H2,1-5H3,(H,39,46)(H,40,48). The van der Waals surface area contributed by atoms with Crippen LogP contribution in [0.4, 0.5) is 0 Å². The number of hydrogen-bond acceptors (Lipinski definition) is 11. The number of unbranched alkanes of at least 4 members (excludes halogenated alkanes) is 4. The molecule has 288 valence electrons. The van der Waals surface area contributed by atoms with Crippen LogP contribution < -0.4 is 10.6 Å². The summed E-state index contributed by atoms with van der Waals surface area (Å²) in [7, 11) is 3.34. The molecule has 1 aliphatic carbocycles. The maximum Gasteiger partial charge on any atom is 0.327 e. The van der Waals surface area contributed by atoms with Crippen LogP contribution in [-0.4, -0.2) is 120 Å². The number of likely N-dealkylation sites (N-methyl/N-ethyl adjacent to an activating group) is 1. The Kier molecular flexibility index (Phi) is 13.1. The average Bonchev–Trinajstić information content (AvgIpc) is 3.67. The number of nitrogens with one attached hydrogen (secondary N) is 2. The summed E-state index contributed by atoms with van der Waals surface area (Å²) >= 11 is 0. The molecular formula is C38H56N4O10. The molecule has 1 aromatic carbocycles. The van der Waals surface area contributed by atoms with Crippen molar-refractivity contribution in [1.82, 2.24) is 20.6 Å². The third kappa shape index (κ3) is 8.22. The van der Waals surface area contributed by atoms with Crippen molar-refractivity contribution < 1.29 is 48.4 Å². The van der Waals surface area contributed by atoms with Gasteiger partial charge in [0.15, 0.2) is 11.8 Å². The largest absolute Gasteiger partial charge is 0.458 e. The predicted molar refractivity (Wildman–Crippen MR) is 190 cm³/mol. The first-order chi connectivity index (χ1) is 24.9. The minimum atomic E-state index is -1.56. The summed E-state index contributed by atoms with van der Waals surface area (Å²) in [5.74, 6) is -3.08. The van der Waals surface area contributed by atoms with E-state index in [0.717, 1.165) is 49.7 Å². The highest BCUT2D eigenvalue weighted by molar-refractivity contribution is 5.96. The van der Waals surface area contributed by atoms with Gasteiger partial charge in [-0.1, -0.05) is 63.8 Å². The number of ether oxygens (including phenoxy) is 3. The van der Waals surface area contributed by atoms with Gasteiger partial charge in [-0.25, -0.2) is 0 Å². The molecule has 3 amide bonds. The van der Waals surface area contributed by atoms with Gasteiger partial charge in [0.1, 0.15) is 35.9 Å². The molecule has 2 bridgehead atoms. The Labute approximate surface area is 306 Å². The molecule has 14 heteroatoms. The molecule has 8 atom stereocenters. The number of hydroxylamine groups is 2. The Hall–Kier alpha value is -3.40. The van der Waals surface area contributed by atoms with Gasteiger partial charge in [0.05, 0.1) is 19.3 Å². The zero-order valence-corrected chi connectivity index (χ0v) is 31.0. The maximum atomic E-state index is 14.8. The number of aliphatic hydroxyl groups excluding tert-OH is 2. The third-order valence-corrected chi connectivity index (χ3v) is 10.6. The molecule has 8 unspecified atom stereocenters. The second kappa shape index (κ2) is 17.2. The third-order valence-electron chi connectivity index (χ3n) is 10.6. The van der Waals surface area contributed by atoms with E-state index in [9.17, 15) is 29.4 Å². The van der Waals surface area contributed by atoms with Crippen molar-refractivity contribution in [1.29, 1.82) is 0 Å². The summed E-state index contributed by atoms with van der Waals surface area (Å²) in [5.41, 5.74) is -0.0521. The molecule has 4 aliphatic rings. The molecule has 4 fully saturated rings. The van der Waals surface area contributed by atoms with Gasteiger partial charge in [0, 0.05) is 46.0 Å². The number of esters is 1. The van der Waals surface area contributed by atoms with E-state index in [0.29, 0.717) is 12.8 Å². The van der Waals surface area contributed by atoms with Crippen LogP contribution in [0.2, 0.25) is 0 Å². The Morgan fingerprint density at radius 1 is 1.08 bits per heavy atom. The van der Waals surface area contributed by atoms with Crippen molar-refractivity contribution >= 4 is 29.8 Å². The van der Waals surface area contributed by atoms with E-state index in [1.807, 2.05) is 24.3 Å². The molecule has 0 aromatic heterocycles. The van der Waals surface area contributed by atoms with Gasteiger partial charge in [-0.2, -0.15) is 5.06 Å².